The van der Waals surface area contributed by atoms with Gasteiger partial charge in [-0.3, -0.25) is 0 Å². The molecule has 1 unspecified atom stereocenters. The Morgan fingerprint density at radius 2 is 2.00 bits per heavy atom. The second-order valence-corrected chi connectivity index (χ2v) is 3.98. The summed E-state index contributed by atoms with van der Waals surface area (Å²) in [5.74, 6) is 0.201. The van der Waals surface area contributed by atoms with Gasteiger partial charge in [-0.1, -0.05) is 24.3 Å². The number of urea groups is 1. The van der Waals surface area contributed by atoms with Crippen LogP contribution < -0.4 is 5.73 Å². The molecule has 18 heavy (non-hydrogen) atoms. The van der Waals surface area contributed by atoms with E-state index in [1.807, 2.05) is 6.92 Å². The van der Waals surface area contributed by atoms with Gasteiger partial charge in [0.25, 0.3) is 6.43 Å². The monoisotopic (exact) mass is 253 g/mol. The van der Waals surface area contributed by atoms with Crippen LogP contribution in [0.5, 0.6) is 0 Å². The van der Waals surface area contributed by atoms with Crippen LogP contribution in [0.1, 0.15) is 30.5 Å². The van der Waals surface area contributed by atoms with Gasteiger partial charge in [0.15, 0.2) is 0 Å². The minimum atomic E-state index is -2.50. The zero-order valence-corrected chi connectivity index (χ0v) is 9.81. The van der Waals surface area contributed by atoms with E-state index in [-0.39, 0.29) is 11.4 Å². The molecule has 1 aromatic carbocycles. The molecule has 1 atom stereocenters. The molecule has 1 aliphatic rings. The van der Waals surface area contributed by atoms with E-state index in [2.05, 4.69) is 4.99 Å². The number of halogens is 2. The van der Waals surface area contributed by atoms with Gasteiger partial charge in [-0.15, -0.1) is 0 Å². The van der Waals surface area contributed by atoms with Crippen molar-refractivity contribution < 1.29 is 13.6 Å². The van der Waals surface area contributed by atoms with Crippen molar-refractivity contribution in [3.05, 3.63) is 35.4 Å². The first kappa shape index (κ1) is 12.5. The second kappa shape index (κ2) is 4.72. The first-order chi connectivity index (χ1) is 8.54. The number of benzene rings is 1. The molecule has 1 heterocycles. The van der Waals surface area contributed by atoms with Crippen LogP contribution in [0.3, 0.4) is 0 Å². The largest absolute Gasteiger partial charge is 0.385 e. The Bertz CT molecular complexity index is 485. The van der Waals surface area contributed by atoms with Crippen LogP contribution in [-0.2, 0) is 0 Å². The third-order valence-electron chi connectivity index (χ3n) is 2.91. The van der Waals surface area contributed by atoms with Gasteiger partial charge >= 0.3 is 6.03 Å². The maximum Gasteiger partial charge on any atom is 0.346 e. The topological polar surface area (TPSA) is 58.7 Å². The number of hydrogen-bond donors (Lipinski definition) is 1. The Morgan fingerprint density at radius 1 is 1.39 bits per heavy atom. The molecule has 0 aromatic heterocycles. The van der Waals surface area contributed by atoms with Crippen LogP contribution in [0, 0.1) is 0 Å². The van der Waals surface area contributed by atoms with Crippen molar-refractivity contribution in [2.45, 2.75) is 19.4 Å². The van der Waals surface area contributed by atoms with Gasteiger partial charge in [0.1, 0.15) is 11.9 Å². The fourth-order valence-electron chi connectivity index (χ4n) is 2.00. The van der Waals surface area contributed by atoms with Crippen molar-refractivity contribution in [1.82, 2.24) is 4.90 Å². The number of aliphatic imine (C=N–C) groups is 1. The maximum absolute atomic E-state index is 12.4. The van der Waals surface area contributed by atoms with E-state index in [0.29, 0.717) is 12.1 Å². The molecule has 2 amide bonds. The van der Waals surface area contributed by atoms with E-state index in [0.717, 1.165) is 0 Å². The average Bonchev–Trinajstić information content (AvgIpc) is 2.63. The highest BCUT2D eigenvalue weighted by Crippen LogP contribution is 2.28. The van der Waals surface area contributed by atoms with Crippen molar-refractivity contribution in [1.29, 1.82) is 0 Å². The number of nitrogens with zero attached hydrogens (tertiary/aromatic N) is 2. The molecule has 0 aliphatic carbocycles. The summed E-state index contributed by atoms with van der Waals surface area (Å²) in [7, 11) is 0. The lowest BCUT2D eigenvalue weighted by Crippen LogP contribution is -2.33. The van der Waals surface area contributed by atoms with Gasteiger partial charge in [-0.25, -0.2) is 13.6 Å². The van der Waals surface area contributed by atoms with Crippen molar-refractivity contribution in [2.24, 2.45) is 10.7 Å². The molecule has 0 spiro atoms. The number of carbonyl (C=O) groups is 1. The molecule has 0 saturated carbocycles. The number of amidine groups is 1. The van der Waals surface area contributed by atoms with Gasteiger partial charge in [0.05, 0.1) is 0 Å². The lowest BCUT2D eigenvalue weighted by molar-refractivity contribution is 0.151. The number of hydrogen-bond acceptors (Lipinski definition) is 2. The minimum Gasteiger partial charge on any atom is -0.385 e. The van der Waals surface area contributed by atoms with E-state index in [4.69, 9.17) is 5.73 Å². The van der Waals surface area contributed by atoms with Crippen LogP contribution in [0.4, 0.5) is 13.6 Å². The number of likely N-dealkylation sites (N-methyl/N-ethyl adjacent to an activating group) is 1. The maximum atomic E-state index is 12.4. The smallest absolute Gasteiger partial charge is 0.346 e. The Balaban J connectivity index is 2.31. The Kier molecular flexibility index (Phi) is 3.27. The van der Waals surface area contributed by atoms with Crippen molar-refractivity contribution in [2.75, 3.05) is 6.54 Å². The van der Waals surface area contributed by atoms with Gasteiger partial charge in [-0.2, -0.15) is 4.99 Å². The normalized spacial score (nSPS) is 19.6. The van der Waals surface area contributed by atoms with Crippen LogP contribution in [0.15, 0.2) is 29.3 Å². The molecule has 2 rings (SSSR count). The van der Waals surface area contributed by atoms with E-state index in [9.17, 15) is 13.6 Å². The van der Waals surface area contributed by atoms with E-state index >= 15 is 0 Å². The summed E-state index contributed by atoms with van der Waals surface area (Å²) in [4.78, 5) is 16.7. The molecule has 0 saturated heterocycles. The summed E-state index contributed by atoms with van der Waals surface area (Å²) >= 11 is 0. The lowest BCUT2D eigenvalue weighted by atomic mass is 10.0. The van der Waals surface area contributed by atoms with Crippen molar-refractivity contribution >= 4 is 11.9 Å². The molecule has 6 heteroatoms. The minimum absolute atomic E-state index is 0.0540. The van der Waals surface area contributed by atoms with E-state index in [1.165, 1.54) is 17.0 Å². The molecular weight excluding hydrogens is 240 g/mol. The number of carbonyl (C=O) groups excluding carboxylic acids is 1. The summed E-state index contributed by atoms with van der Waals surface area (Å²) in [5.41, 5.74) is 6.34. The molecule has 4 nitrogen and oxygen atoms in total. The summed E-state index contributed by atoms with van der Waals surface area (Å²) in [5, 5.41) is 0. The zero-order valence-electron chi connectivity index (χ0n) is 9.81. The highest BCUT2D eigenvalue weighted by molar-refractivity contribution is 6.03. The standard InChI is InChI=1S/C12H13F2N3O/c1-2-17-9(11(15)16-12(17)18)7-3-5-8(6-4-7)10(13)14/h3-6,9-10H,2H2,1H3,(H2,15,16,18). The van der Waals surface area contributed by atoms with Crippen LogP contribution in [-0.4, -0.2) is 23.3 Å². The zero-order chi connectivity index (χ0) is 13.3. The first-order valence-electron chi connectivity index (χ1n) is 5.57. The summed E-state index contributed by atoms with van der Waals surface area (Å²) in [6, 6.07) is 4.94. The van der Waals surface area contributed by atoms with Gasteiger partial charge in [0.2, 0.25) is 0 Å². The molecule has 1 aliphatic heterocycles. The van der Waals surface area contributed by atoms with Crippen LogP contribution >= 0.6 is 0 Å². The molecule has 1 aromatic rings. The Hall–Kier alpha value is -1.98. The number of rotatable bonds is 3. The number of amides is 2. The molecule has 0 radical (unpaired) electrons. The van der Waals surface area contributed by atoms with Gasteiger partial charge < -0.3 is 10.6 Å². The molecular formula is C12H13F2N3O. The molecule has 96 valence electrons. The third kappa shape index (κ3) is 2.05. The highest BCUT2D eigenvalue weighted by atomic mass is 19.3. The Labute approximate surface area is 103 Å². The predicted molar refractivity (Wildman–Crippen MR) is 63.5 cm³/mol. The van der Waals surface area contributed by atoms with Gasteiger partial charge in [0, 0.05) is 12.1 Å². The van der Waals surface area contributed by atoms with Crippen molar-refractivity contribution in [3.63, 3.8) is 0 Å². The summed E-state index contributed by atoms with van der Waals surface area (Å²) in [6.07, 6.45) is -2.50. The molecule has 0 bridgehead atoms. The fourth-order valence-corrected chi connectivity index (χ4v) is 2.00. The quantitative estimate of drug-likeness (QED) is 0.899. The number of alkyl halides is 2. The molecule has 0 fully saturated rings. The summed E-state index contributed by atoms with van der Waals surface area (Å²) in [6.45, 7) is 2.27. The van der Waals surface area contributed by atoms with Crippen LogP contribution in [0.2, 0.25) is 0 Å². The van der Waals surface area contributed by atoms with Gasteiger partial charge in [-0.05, 0) is 12.5 Å². The molecule has 2 N–H and O–H groups in total. The SMILES string of the molecule is CCN1C(=O)N=C(N)C1c1ccc(C(F)F)cc1. The van der Waals surface area contributed by atoms with Crippen LogP contribution in [0.25, 0.3) is 0 Å². The third-order valence-corrected chi connectivity index (χ3v) is 2.91. The Morgan fingerprint density at radius 3 is 2.50 bits per heavy atom. The van der Waals surface area contributed by atoms with E-state index in [1.54, 1.807) is 12.1 Å². The fraction of sp³-hybridized carbons (Fsp3) is 0.333. The van der Waals surface area contributed by atoms with Crippen molar-refractivity contribution in [3.8, 4) is 0 Å². The number of nitrogens with two attached hydrogens (primary N) is 1. The average molecular weight is 253 g/mol. The summed E-state index contributed by atoms with van der Waals surface area (Å²) < 4.78 is 24.9. The first-order valence-corrected chi connectivity index (χ1v) is 5.57. The lowest BCUT2D eigenvalue weighted by Gasteiger charge is -2.23. The predicted octanol–water partition coefficient (Wildman–Crippen LogP) is 2.48. The second-order valence-electron chi connectivity index (χ2n) is 3.98. The highest BCUT2D eigenvalue weighted by Gasteiger charge is 2.33. The van der Waals surface area contributed by atoms with E-state index < -0.39 is 18.5 Å².